The molecule has 1 saturated heterocycles. The van der Waals surface area contributed by atoms with Gasteiger partial charge in [0, 0.05) is 20.1 Å². The van der Waals surface area contributed by atoms with Crippen LogP contribution < -0.4 is 0 Å². The molecule has 3 rings (SSSR count). The lowest BCUT2D eigenvalue weighted by atomic mass is 10.4. The Balaban J connectivity index is 1.71. The van der Waals surface area contributed by atoms with Gasteiger partial charge in [-0.15, -0.1) is 10.2 Å². The largest absolute Gasteiger partial charge is 0.461 e. The molecule has 112 valence electrons. The topological polar surface area (TPSA) is 64.2 Å². The average molecular weight is 306 g/mol. The van der Waals surface area contributed by atoms with Crippen molar-refractivity contribution >= 4 is 17.7 Å². The molecule has 2 aromatic rings. The van der Waals surface area contributed by atoms with Gasteiger partial charge in [0.05, 0.1) is 11.5 Å². The minimum atomic E-state index is -0.157. The molecule has 0 aromatic carbocycles. The highest BCUT2D eigenvalue weighted by molar-refractivity contribution is 8.00. The number of likely N-dealkylation sites (tertiary alicyclic amines) is 1. The van der Waals surface area contributed by atoms with Crippen molar-refractivity contribution < 1.29 is 9.21 Å². The lowest BCUT2D eigenvalue weighted by Crippen LogP contribution is -2.34. The third-order valence-electron chi connectivity index (χ3n) is 3.62. The summed E-state index contributed by atoms with van der Waals surface area (Å²) in [6, 6.07) is 3.66. The summed E-state index contributed by atoms with van der Waals surface area (Å²) >= 11 is 1.44. The monoisotopic (exact) mass is 306 g/mol. The van der Waals surface area contributed by atoms with Crippen LogP contribution in [0.5, 0.6) is 0 Å². The van der Waals surface area contributed by atoms with Crippen LogP contribution >= 0.6 is 11.8 Å². The van der Waals surface area contributed by atoms with E-state index in [0.29, 0.717) is 11.6 Å². The smallest absolute Gasteiger partial charge is 0.235 e. The molecule has 2 aromatic heterocycles. The summed E-state index contributed by atoms with van der Waals surface area (Å²) in [5.41, 5.74) is 0. The Morgan fingerprint density at radius 2 is 2.14 bits per heavy atom. The molecule has 0 spiro atoms. The van der Waals surface area contributed by atoms with Gasteiger partial charge in [-0.3, -0.25) is 4.79 Å². The van der Waals surface area contributed by atoms with E-state index in [1.807, 2.05) is 35.6 Å². The summed E-state index contributed by atoms with van der Waals surface area (Å²) in [6.45, 7) is 3.67. The maximum absolute atomic E-state index is 12.3. The van der Waals surface area contributed by atoms with E-state index in [1.165, 1.54) is 11.8 Å². The fourth-order valence-corrected chi connectivity index (χ4v) is 3.34. The van der Waals surface area contributed by atoms with Gasteiger partial charge in [0.25, 0.3) is 0 Å². The second kappa shape index (κ2) is 5.93. The van der Waals surface area contributed by atoms with Crippen LogP contribution in [0.2, 0.25) is 0 Å². The van der Waals surface area contributed by atoms with Gasteiger partial charge in [-0.05, 0) is 31.9 Å². The lowest BCUT2D eigenvalue weighted by Gasteiger charge is -2.19. The molecule has 21 heavy (non-hydrogen) atoms. The normalized spacial score (nSPS) is 16.4. The molecule has 0 unspecified atom stereocenters. The summed E-state index contributed by atoms with van der Waals surface area (Å²) in [7, 11) is 1.88. The van der Waals surface area contributed by atoms with Crippen molar-refractivity contribution in [3.05, 3.63) is 18.4 Å². The Bertz CT molecular complexity index is 617. The van der Waals surface area contributed by atoms with E-state index in [0.717, 1.165) is 31.1 Å². The van der Waals surface area contributed by atoms with Crippen molar-refractivity contribution in [3.8, 4) is 11.6 Å². The Morgan fingerprint density at radius 3 is 2.81 bits per heavy atom. The maximum Gasteiger partial charge on any atom is 0.235 e. The number of hydrogen-bond donors (Lipinski definition) is 0. The Labute approximate surface area is 127 Å². The Hall–Kier alpha value is -1.76. The fourth-order valence-electron chi connectivity index (χ4n) is 2.44. The standard InChI is InChI=1S/C14H18N4O2S/c1-10(13(19)18-7-3-4-8-18)21-14-16-15-12(17(14)2)11-6-5-9-20-11/h5-6,9-10H,3-4,7-8H2,1-2H3/t10-/m1/s1. The second-order valence-electron chi connectivity index (χ2n) is 5.13. The molecule has 0 saturated carbocycles. The summed E-state index contributed by atoms with van der Waals surface area (Å²) < 4.78 is 7.20. The van der Waals surface area contributed by atoms with Crippen molar-refractivity contribution in [3.63, 3.8) is 0 Å². The first-order chi connectivity index (χ1) is 10.2. The van der Waals surface area contributed by atoms with Gasteiger partial charge < -0.3 is 13.9 Å². The lowest BCUT2D eigenvalue weighted by molar-refractivity contribution is -0.129. The molecule has 1 amide bonds. The molecule has 0 radical (unpaired) electrons. The van der Waals surface area contributed by atoms with Gasteiger partial charge in [-0.25, -0.2) is 0 Å². The summed E-state index contributed by atoms with van der Waals surface area (Å²) in [5, 5.41) is 8.87. The predicted molar refractivity (Wildman–Crippen MR) is 79.8 cm³/mol. The molecule has 3 heterocycles. The predicted octanol–water partition coefficient (Wildman–Crippen LogP) is 2.18. The molecule has 1 aliphatic heterocycles. The molecular formula is C14H18N4O2S. The van der Waals surface area contributed by atoms with E-state index < -0.39 is 0 Å². The highest BCUT2D eigenvalue weighted by Crippen LogP contribution is 2.27. The molecule has 0 N–H and O–H groups in total. The van der Waals surface area contributed by atoms with Gasteiger partial charge in [0.15, 0.2) is 16.7 Å². The van der Waals surface area contributed by atoms with Crippen LogP contribution in [-0.4, -0.2) is 43.9 Å². The van der Waals surface area contributed by atoms with Crippen LogP contribution in [0.15, 0.2) is 28.0 Å². The van der Waals surface area contributed by atoms with Crippen LogP contribution in [-0.2, 0) is 11.8 Å². The van der Waals surface area contributed by atoms with Gasteiger partial charge >= 0.3 is 0 Å². The molecule has 6 nitrogen and oxygen atoms in total. The van der Waals surface area contributed by atoms with E-state index >= 15 is 0 Å². The average Bonchev–Trinajstić information content (AvgIpc) is 3.20. The summed E-state index contributed by atoms with van der Waals surface area (Å²) in [4.78, 5) is 14.3. The molecule has 1 atom stereocenters. The first-order valence-electron chi connectivity index (χ1n) is 7.05. The van der Waals surface area contributed by atoms with Crippen molar-refractivity contribution in [1.82, 2.24) is 19.7 Å². The zero-order valence-electron chi connectivity index (χ0n) is 12.2. The van der Waals surface area contributed by atoms with E-state index in [1.54, 1.807) is 6.26 Å². The minimum absolute atomic E-state index is 0.157. The first-order valence-corrected chi connectivity index (χ1v) is 7.93. The number of carbonyl (C=O) groups is 1. The van der Waals surface area contributed by atoms with E-state index in [9.17, 15) is 4.79 Å². The van der Waals surface area contributed by atoms with Crippen LogP contribution in [0.4, 0.5) is 0 Å². The third kappa shape index (κ3) is 2.83. The number of rotatable bonds is 4. The Kier molecular flexibility index (Phi) is 4.01. The van der Waals surface area contributed by atoms with Crippen LogP contribution in [0.1, 0.15) is 19.8 Å². The third-order valence-corrected chi connectivity index (χ3v) is 4.75. The number of thioether (sulfide) groups is 1. The van der Waals surface area contributed by atoms with Gasteiger partial charge in [-0.1, -0.05) is 11.8 Å². The SMILES string of the molecule is C[C@@H](Sc1nnc(-c2ccco2)n1C)C(=O)N1CCCC1. The van der Waals surface area contributed by atoms with Gasteiger partial charge in [0.1, 0.15) is 0 Å². The molecular weight excluding hydrogens is 288 g/mol. The number of amides is 1. The van der Waals surface area contributed by atoms with Crippen LogP contribution in [0.3, 0.4) is 0 Å². The zero-order chi connectivity index (χ0) is 14.8. The van der Waals surface area contributed by atoms with Crippen LogP contribution in [0, 0.1) is 0 Å². The van der Waals surface area contributed by atoms with Crippen molar-refractivity contribution in [2.45, 2.75) is 30.2 Å². The van der Waals surface area contributed by atoms with E-state index in [4.69, 9.17) is 4.42 Å². The maximum atomic E-state index is 12.3. The highest BCUT2D eigenvalue weighted by Gasteiger charge is 2.26. The van der Waals surface area contributed by atoms with E-state index in [-0.39, 0.29) is 11.2 Å². The van der Waals surface area contributed by atoms with Gasteiger partial charge in [0.2, 0.25) is 5.91 Å². The fraction of sp³-hybridized carbons (Fsp3) is 0.500. The molecule has 1 fully saturated rings. The van der Waals surface area contributed by atoms with Gasteiger partial charge in [-0.2, -0.15) is 0 Å². The number of furan rings is 1. The molecule has 1 aliphatic rings. The molecule has 7 heteroatoms. The number of carbonyl (C=O) groups excluding carboxylic acids is 1. The highest BCUT2D eigenvalue weighted by atomic mass is 32.2. The Morgan fingerprint density at radius 1 is 1.38 bits per heavy atom. The van der Waals surface area contributed by atoms with Crippen LogP contribution in [0.25, 0.3) is 11.6 Å². The molecule has 0 aliphatic carbocycles. The van der Waals surface area contributed by atoms with Crippen molar-refractivity contribution in [1.29, 1.82) is 0 Å². The summed E-state index contributed by atoms with van der Waals surface area (Å²) in [5.74, 6) is 1.53. The quantitative estimate of drug-likeness (QED) is 0.810. The van der Waals surface area contributed by atoms with E-state index in [2.05, 4.69) is 10.2 Å². The number of aromatic nitrogens is 3. The minimum Gasteiger partial charge on any atom is -0.461 e. The number of hydrogen-bond acceptors (Lipinski definition) is 5. The molecule has 0 bridgehead atoms. The van der Waals surface area contributed by atoms with Crippen molar-refractivity contribution in [2.24, 2.45) is 7.05 Å². The zero-order valence-corrected chi connectivity index (χ0v) is 13.0. The first kappa shape index (κ1) is 14.2. The second-order valence-corrected chi connectivity index (χ2v) is 6.44. The summed E-state index contributed by atoms with van der Waals surface area (Å²) in [6.07, 6.45) is 3.82. The number of nitrogens with zero attached hydrogens (tertiary/aromatic N) is 4. The van der Waals surface area contributed by atoms with Crippen molar-refractivity contribution in [2.75, 3.05) is 13.1 Å².